The smallest absolute Gasteiger partial charge is 0.220 e. The highest BCUT2D eigenvalue weighted by Crippen LogP contribution is 2.37. The van der Waals surface area contributed by atoms with Crippen molar-refractivity contribution in [3.05, 3.63) is 34.8 Å². The predicted molar refractivity (Wildman–Crippen MR) is 81.1 cm³/mol. The van der Waals surface area contributed by atoms with Crippen LogP contribution in [0.5, 0.6) is 11.5 Å². The molecule has 0 unspecified atom stereocenters. The van der Waals surface area contributed by atoms with Gasteiger partial charge in [-0.1, -0.05) is 0 Å². The number of nitrogens with zero attached hydrogens (tertiary/aromatic N) is 3. The van der Waals surface area contributed by atoms with Gasteiger partial charge in [-0.05, 0) is 19.1 Å². The van der Waals surface area contributed by atoms with E-state index in [4.69, 9.17) is 5.73 Å². The van der Waals surface area contributed by atoms with Crippen LogP contribution in [0.25, 0.3) is 22.5 Å². The van der Waals surface area contributed by atoms with E-state index in [2.05, 4.69) is 15.0 Å². The van der Waals surface area contributed by atoms with Crippen molar-refractivity contribution < 1.29 is 10.2 Å². The molecule has 2 aromatic heterocycles. The quantitative estimate of drug-likeness (QED) is 0.671. The summed E-state index contributed by atoms with van der Waals surface area (Å²) in [4.78, 5) is 12.6. The summed E-state index contributed by atoms with van der Waals surface area (Å²) in [6, 6.07) is 4.31. The van der Waals surface area contributed by atoms with Crippen molar-refractivity contribution in [2.75, 3.05) is 5.73 Å². The molecule has 0 aliphatic carbocycles. The summed E-state index contributed by atoms with van der Waals surface area (Å²) in [6.07, 6.45) is 1.58. The van der Waals surface area contributed by atoms with Gasteiger partial charge in [0.1, 0.15) is 11.5 Å². The van der Waals surface area contributed by atoms with Gasteiger partial charge in [-0.3, -0.25) is 0 Å². The molecule has 6 nitrogen and oxygen atoms in total. The first-order valence-electron chi connectivity index (χ1n) is 6.12. The van der Waals surface area contributed by atoms with Crippen LogP contribution in [0, 0.1) is 6.92 Å². The second-order valence-electron chi connectivity index (χ2n) is 4.44. The van der Waals surface area contributed by atoms with Crippen LogP contribution in [-0.2, 0) is 0 Å². The highest BCUT2D eigenvalue weighted by molar-refractivity contribution is 7.09. The van der Waals surface area contributed by atoms with Crippen LogP contribution in [0.1, 0.15) is 5.01 Å². The predicted octanol–water partition coefficient (Wildman–Crippen LogP) is 2.57. The molecule has 21 heavy (non-hydrogen) atoms. The van der Waals surface area contributed by atoms with E-state index in [9.17, 15) is 10.2 Å². The number of aromatic nitrogens is 3. The van der Waals surface area contributed by atoms with E-state index >= 15 is 0 Å². The van der Waals surface area contributed by atoms with Crippen molar-refractivity contribution in [2.45, 2.75) is 6.92 Å². The Labute approximate surface area is 124 Å². The third kappa shape index (κ3) is 2.50. The number of phenolic OH excluding ortho intramolecular Hbond substituents is 2. The normalized spacial score (nSPS) is 10.7. The van der Waals surface area contributed by atoms with Crippen LogP contribution in [0.4, 0.5) is 5.95 Å². The minimum Gasteiger partial charge on any atom is -0.508 e. The molecular weight excluding hydrogens is 288 g/mol. The average Bonchev–Trinajstić information content (AvgIpc) is 2.85. The maximum absolute atomic E-state index is 10.0. The molecule has 0 saturated heterocycles. The van der Waals surface area contributed by atoms with E-state index < -0.39 is 0 Å². The zero-order valence-corrected chi connectivity index (χ0v) is 11.9. The average molecular weight is 300 g/mol. The molecule has 2 heterocycles. The van der Waals surface area contributed by atoms with Crippen LogP contribution in [0.2, 0.25) is 0 Å². The SMILES string of the molecule is Cc1nc(-c2cnc(N)nc2-c2ccc(O)cc2O)cs1. The van der Waals surface area contributed by atoms with E-state index in [0.29, 0.717) is 16.8 Å². The fourth-order valence-electron chi connectivity index (χ4n) is 2.00. The maximum Gasteiger partial charge on any atom is 0.220 e. The molecule has 0 fully saturated rings. The molecule has 0 aliphatic rings. The van der Waals surface area contributed by atoms with Gasteiger partial charge in [0.15, 0.2) is 0 Å². The van der Waals surface area contributed by atoms with Gasteiger partial charge in [-0.2, -0.15) is 0 Å². The number of phenols is 2. The Balaban J connectivity index is 2.23. The Morgan fingerprint density at radius 2 is 1.95 bits per heavy atom. The van der Waals surface area contributed by atoms with Gasteiger partial charge in [0.25, 0.3) is 0 Å². The first-order chi connectivity index (χ1) is 10.0. The van der Waals surface area contributed by atoms with Crippen LogP contribution in [-0.4, -0.2) is 25.2 Å². The van der Waals surface area contributed by atoms with Gasteiger partial charge in [0.05, 0.1) is 16.4 Å². The van der Waals surface area contributed by atoms with Gasteiger partial charge in [-0.15, -0.1) is 11.3 Å². The molecule has 4 N–H and O–H groups in total. The lowest BCUT2D eigenvalue weighted by atomic mass is 10.0. The molecule has 0 bridgehead atoms. The third-order valence-corrected chi connectivity index (χ3v) is 3.71. The summed E-state index contributed by atoms with van der Waals surface area (Å²) in [5.74, 6) is -0.00110. The number of rotatable bonds is 2. The zero-order chi connectivity index (χ0) is 15.0. The Hall–Kier alpha value is -2.67. The number of aromatic hydroxyl groups is 2. The maximum atomic E-state index is 10.0. The van der Waals surface area contributed by atoms with Crippen molar-refractivity contribution >= 4 is 17.3 Å². The molecule has 106 valence electrons. The molecule has 3 rings (SSSR count). The monoisotopic (exact) mass is 300 g/mol. The number of anilines is 1. The van der Waals surface area contributed by atoms with Crippen LogP contribution >= 0.6 is 11.3 Å². The van der Waals surface area contributed by atoms with Crippen molar-refractivity contribution in [1.82, 2.24) is 15.0 Å². The number of hydrogen-bond acceptors (Lipinski definition) is 7. The molecule has 0 atom stereocenters. The number of thiazole rings is 1. The molecule has 0 saturated carbocycles. The second-order valence-corrected chi connectivity index (χ2v) is 5.51. The Bertz CT molecular complexity index is 816. The molecule has 1 aromatic carbocycles. The van der Waals surface area contributed by atoms with E-state index in [0.717, 1.165) is 10.7 Å². The number of nitrogen functional groups attached to an aromatic ring is 1. The number of benzene rings is 1. The summed E-state index contributed by atoms with van der Waals surface area (Å²) in [6.45, 7) is 1.91. The first kappa shape index (κ1) is 13.3. The Morgan fingerprint density at radius 1 is 1.14 bits per heavy atom. The summed E-state index contributed by atoms with van der Waals surface area (Å²) < 4.78 is 0. The van der Waals surface area contributed by atoms with Crippen LogP contribution in [0.3, 0.4) is 0 Å². The molecular formula is C14H12N4O2S. The van der Waals surface area contributed by atoms with Crippen molar-refractivity contribution in [1.29, 1.82) is 0 Å². The largest absolute Gasteiger partial charge is 0.508 e. The molecule has 7 heteroatoms. The molecule has 3 aromatic rings. The topological polar surface area (TPSA) is 105 Å². The van der Waals surface area contributed by atoms with Crippen LogP contribution in [0.15, 0.2) is 29.8 Å². The molecule has 0 spiro atoms. The molecule has 0 aliphatic heterocycles. The van der Waals surface area contributed by atoms with Crippen LogP contribution < -0.4 is 5.73 Å². The van der Waals surface area contributed by atoms with Gasteiger partial charge in [-0.25, -0.2) is 15.0 Å². The van der Waals surface area contributed by atoms with E-state index in [1.165, 1.54) is 23.5 Å². The number of nitrogens with two attached hydrogens (primary N) is 1. The lowest BCUT2D eigenvalue weighted by Crippen LogP contribution is -1.99. The van der Waals surface area contributed by atoms with Crippen molar-refractivity contribution in [3.63, 3.8) is 0 Å². The minimum atomic E-state index is -0.0821. The zero-order valence-electron chi connectivity index (χ0n) is 11.1. The van der Waals surface area contributed by atoms with E-state index in [-0.39, 0.29) is 17.4 Å². The van der Waals surface area contributed by atoms with E-state index in [1.807, 2.05) is 12.3 Å². The van der Waals surface area contributed by atoms with Crippen molar-refractivity contribution in [3.8, 4) is 34.0 Å². The fraction of sp³-hybridized carbons (Fsp3) is 0.0714. The minimum absolute atomic E-state index is 0.0238. The first-order valence-corrected chi connectivity index (χ1v) is 7.00. The highest BCUT2D eigenvalue weighted by atomic mass is 32.1. The van der Waals surface area contributed by atoms with Gasteiger partial charge in [0, 0.05) is 28.8 Å². The summed E-state index contributed by atoms with van der Waals surface area (Å²) in [5.41, 5.74) is 7.99. The van der Waals surface area contributed by atoms with Gasteiger partial charge in [0.2, 0.25) is 5.95 Å². The van der Waals surface area contributed by atoms with E-state index in [1.54, 1.807) is 12.3 Å². The lowest BCUT2D eigenvalue weighted by Gasteiger charge is -2.09. The lowest BCUT2D eigenvalue weighted by molar-refractivity contribution is 0.452. The summed E-state index contributed by atoms with van der Waals surface area (Å²) in [5, 5.41) is 22.2. The van der Waals surface area contributed by atoms with Gasteiger partial charge < -0.3 is 15.9 Å². The number of hydrogen-bond donors (Lipinski definition) is 3. The summed E-state index contributed by atoms with van der Waals surface area (Å²) in [7, 11) is 0. The fourth-order valence-corrected chi connectivity index (χ4v) is 2.61. The Morgan fingerprint density at radius 3 is 2.62 bits per heavy atom. The Kier molecular flexibility index (Phi) is 3.19. The molecule has 0 radical (unpaired) electrons. The van der Waals surface area contributed by atoms with Gasteiger partial charge >= 0.3 is 0 Å². The highest BCUT2D eigenvalue weighted by Gasteiger charge is 2.16. The standard InChI is InChI=1S/C14H12N4O2S/c1-7-17-11(6-21-7)10-5-16-14(15)18-13(10)9-3-2-8(19)4-12(9)20/h2-6,19-20H,1H3,(H2,15,16,18). The summed E-state index contributed by atoms with van der Waals surface area (Å²) >= 11 is 1.51. The number of aryl methyl sites for hydroxylation is 1. The van der Waals surface area contributed by atoms with Crippen molar-refractivity contribution in [2.24, 2.45) is 0 Å². The molecule has 0 amide bonds. The second kappa shape index (κ2) is 5.02. The third-order valence-electron chi connectivity index (χ3n) is 2.94.